The van der Waals surface area contributed by atoms with Gasteiger partial charge in [-0.25, -0.2) is 9.78 Å². The van der Waals surface area contributed by atoms with Crippen LogP contribution in [0.4, 0.5) is 0 Å². The van der Waals surface area contributed by atoms with Gasteiger partial charge in [0.05, 0.1) is 11.3 Å². The van der Waals surface area contributed by atoms with Gasteiger partial charge in [-0.2, -0.15) is 5.26 Å². The second kappa shape index (κ2) is 7.25. The molecule has 3 aromatic rings. The molecule has 0 radical (unpaired) electrons. The zero-order valence-electron chi connectivity index (χ0n) is 13.7. The molecule has 3 rings (SSSR count). The summed E-state index contributed by atoms with van der Waals surface area (Å²) in [4.78, 5) is 30.2. The lowest BCUT2D eigenvalue weighted by Crippen LogP contribution is -2.14. The topological polar surface area (TPSA) is 107 Å². The van der Waals surface area contributed by atoms with Crippen molar-refractivity contribution in [2.45, 2.75) is 5.16 Å². The first-order chi connectivity index (χ1) is 12.5. The highest BCUT2D eigenvalue weighted by molar-refractivity contribution is 7.98. The molecule has 26 heavy (non-hydrogen) atoms. The number of carboxylic acid groups (broad SMARTS) is 1. The number of benzene rings is 2. The number of rotatable bonds is 4. The van der Waals surface area contributed by atoms with Crippen molar-refractivity contribution in [2.75, 3.05) is 6.26 Å². The molecule has 7 heteroatoms. The highest BCUT2D eigenvalue weighted by Gasteiger charge is 2.14. The first-order valence-electron chi connectivity index (χ1n) is 7.56. The van der Waals surface area contributed by atoms with Crippen LogP contribution in [-0.2, 0) is 0 Å². The minimum Gasteiger partial charge on any atom is -0.478 e. The zero-order chi connectivity index (χ0) is 18.7. The molecule has 2 N–H and O–H groups in total. The fourth-order valence-electron chi connectivity index (χ4n) is 2.54. The minimum atomic E-state index is -1.00. The van der Waals surface area contributed by atoms with Gasteiger partial charge in [0.25, 0.3) is 5.56 Å². The van der Waals surface area contributed by atoms with Gasteiger partial charge in [0, 0.05) is 5.56 Å². The Hall–Kier alpha value is -3.37. The summed E-state index contributed by atoms with van der Waals surface area (Å²) in [5, 5.41) is 18.9. The van der Waals surface area contributed by atoms with E-state index in [2.05, 4.69) is 9.97 Å². The number of nitrogens with zero attached hydrogens (tertiary/aromatic N) is 2. The SMILES string of the molecule is CSc1nc(-c2cccc(-c3cccc(C(=O)O)c3)c2)c(C#N)c(=O)[nH]1. The molecule has 128 valence electrons. The molecule has 0 saturated carbocycles. The molecular weight excluding hydrogens is 350 g/mol. The second-order valence-corrected chi connectivity index (χ2v) is 6.17. The molecule has 6 nitrogen and oxygen atoms in total. The molecule has 1 heterocycles. The molecule has 1 aromatic heterocycles. The number of hydrogen-bond donors (Lipinski definition) is 2. The summed E-state index contributed by atoms with van der Waals surface area (Å²) in [6.07, 6.45) is 1.78. The van der Waals surface area contributed by atoms with E-state index in [9.17, 15) is 14.9 Å². The van der Waals surface area contributed by atoms with E-state index in [-0.39, 0.29) is 11.1 Å². The monoisotopic (exact) mass is 363 g/mol. The van der Waals surface area contributed by atoms with Crippen LogP contribution in [0.3, 0.4) is 0 Å². The predicted molar refractivity (Wildman–Crippen MR) is 99.2 cm³/mol. The van der Waals surface area contributed by atoms with Gasteiger partial charge in [0.2, 0.25) is 0 Å². The predicted octanol–water partition coefficient (Wildman–Crippen LogP) is 3.40. The standard InChI is InChI=1S/C19H13N3O3S/c1-26-19-21-16(15(10-20)17(23)22-19)13-6-2-4-11(8-13)12-5-3-7-14(9-12)18(24)25/h2-9H,1H3,(H,24,25)(H,21,22,23). The second-order valence-electron chi connectivity index (χ2n) is 5.38. The minimum absolute atomic E-state index is 0.0563. The van der Waals surface area contributed by atoms with E-state index in [4.69, 9.17) is 5.11 Å². The molecule has 0 saturated heterocycles. The van der Waals surface area contributed by atoms with Crippen molar-refractivity contribution in [2.24, 2.45) is 0 Å². The maximum atomic E-state index is 12.1. The normalized spacial score (nSPS) is 10.3. The summed E-state index contributed by atoms with van der Waals surface area (Å²) in [7, 11) is 0. The summed E-state index contributed by atoms with van der Waals surface area (Å²) in [5.74, 6) is -1.00. The van der Waals surface area contributed by atoms with E-state index in [1.54, 1.807) is 42.7 Å². The molecule has 0 amide bonds. The molecule has 0 aliphatic rings. The first-order valence-corrected chi connectivity index (χ1v) is 8.78. The summed E-state index contributed by atoms with van der Waals surface area (Å²) in [6.45, 7) is 0. The first kappa shape index (κ1) is 17.5. The van der Waals surface area contributed by atoms with Gasteiger partial charge in [-0.05, 0) is 35.6 Å². The van der Waals surface area contributed by atoms with Gasteiger partial charge >= 0.3 is 5.97 Å². The van der Waals surface area contributed by atoms with E-state index >= 15 is 0 Å². The maximum absolute atomic E-state index is 12.1. The summed E-state index contributed by atoms with van der Waals surface area (Å²) >= 11 is 1.28. The van der Waals surface area contributed by atoms with Crippen LogP contribution in [0.25, 0.3) is 22.4 Å². The van der Waals surface area contributed by atoms with Crippen LogP contribution in [0.2, 0.25) is 0 Å². The van der Waals surface area contributed by atoms with Gasteiger partial charge in [-0.1, -0.05) is 42.1 Å². The molecule has 0 spiro atoms. The van der Waals surface area contributed by atoms with Crippen molar-refractivity contribution in [3.8, 4) is 28.5 Å². The van der Waals surface area contributed by atoms with E-state index in [0.717, 1.165) is 11.1 Å². The number of aromatic nitrogens is 2. The number of carbonyl (C=O) groups is 1. The Labute approximate surface area is 153 Å². The number of nitrogens with one attached hydrogen (secondary N) is 1. The molecule has 0 aliphatic carbocycles. The van der Waals surface area contributed by atoms with Crippen LogP contribution in [-0.4, -0.2) is 27.3 Å². The van der Waals surface area contributed by atoms with Gasteiger partial charge < -0.3 is 10.1 Å². The average Bonchev–Trinajstić information content (AvgIpc) is 2.67. The quantitative estimate of drug-likeness (QED) is 0.543. The number of aromatic amines is 1. The molecule has 0 atom stereocenters. The smallest absolute Gasteiger partial charge is 0.335 e. The molecule has 0 aliphatic heterocycles. The summed E-state index contributed by atoms with van der Waals surface area (Å²) < 4.78 is 0. The Kier molecular flexibility index (Phi) is 4.87. The number of carboxylic acids is 1. The van der Waals surface area contributed by atoms with Gasteiger partial charge in [0.15, 0.2) is 5.16 Å². The van der Waals surface area contributed by atoms with E-state index in [0.29, 0.717) is 16.4 Å². The van der Waals surface area contributed by atoms with Crippen LogP contribution in [0.5, 0.6) is 0 Å². The number of hydrogen-bond acceptors (Lipinski definition) is 5. The van der Waals surface area contributed by atoms with E-state index < -0.39 is 11.5 Å². The third-order valence-corrected chi connectivity index (χ3v) is 4.36. The van der Waals surface area contributed by atoms with Gasteiger partial charge in [-0.3, -0.25) is 4.79 Å². The molecule has 0 unspecified atom stereocenters. The van der Waals surface area contributed by atoms with Crippen LogP contribution >= 0.6 is 11.8 Å². The van der Waals surface area contributed by atoms with Crippen molar-refractivity contribution >= 4 is 17.7 Å². The van der Waals surface area contributed by atoms with Crippen LogP contribution < -0.4 is 5.56 Å². The Bertz CT molecular complexity index is 1100. The largest absolute Gasteiger partial charge is 0.478 e. The Morgan fingerprint density at radius 3 is 2.46 bits per heavy atom. The highest BCUT2D eigenvalue weighted by Crippen LogP contribution is 2.27. The summed E-state index contributed by atoms with van der Waals surface area (Å²) in [5.41, 5.74) is 2.05. The fraction of sp³-hybridized carbons (Fsp3) is 0.0526. The van der Waals surface area contributed by atoms with E-state index in [1.807, 2.05) is 12.1 Å². The van der Waals surface area contributed by atoms with Crippen LogP contribution in [0.1, 0.15) is 15.9 Å². The van der Waals surface area contributed by atoms with Gasteiger partial charge in [-0.15, -0.1) is 0 Å². The van der Waals surface area contributed by atoms with Crippen LogP contribution in [0.15, 0.2) is 58.5 Å². The number of nitriles is 1. The molecular formula is C19H13N3O3S. The van der Waals surface area contributed by atoms with Crippen molar-refractivity contribution in [1.29, 1.82) is 5.26 Å². The maximum Gasteiger partial charge on any atom is 0.335 e. The van der Waals surface area contributed by atoms with Crippen molar-refractivity contribution in [1.82, 2.24) is 9.97 Å². The van der Waals surface area contributed by atoms with Gasteiger partial charge in [0.1, 0.15) is 11.6 Å². The summed E-state index contributed by atoms with van der Waals surface area (Å²) in [6, 6.07) is 15.6. The van der Waals surface area contributed by atoms with Crippen molar-refractivity contribution in [3.05, 3.63) is 70.0 Å². The van der Waals surface area contributed by atoms with Crippen molar-refractivity contribution in [3.63, 3.8) is 0 Å². The third-order valence-electron chi connectivity index (χ3n) is 3.78. The average molecular weight is 363 g/mol. The van der Waals surface area contributed by atoms with Crippen LogP contribution in [0, 0.1) is 11.3 Å². The third kappa shape index (κ3) is 3.36. The Morgan fingerprint density at radius 2 is 1.81 bits per heavy atom. The van der Waals surface area contributed by atoms with Crippen molar-refractivity contribution < 1.29 is 9.90 Å². The molecule has 2 aromatic carbocycles. The number of thioether (sulfide) groups is 1. The Morgan fingerprint density at radius 1 is 1.15 bits per heavy atom. The Balaban J connectivity index is 2.16. The number of aromatic carboxylic acids is 1. The number of H-pyrrole nitrogens is 1. The molecule has 0 fully saturated rings. The lowest BCUT2D eigenvalue weighted by atomic mass is 9.99. The van der Waals surface area contributed by atoms with E-state index in [1.165, 1.54) is 17.8 Å². The zero-order valence-corrected chi connectivity index (χ0v) is 14.5. The fourth-order valence-corrected chi connectivity index (χ4v) is 2.92. The lowest BCUT2D eigenvalue weighted by molar-refractivity contribution is 0.0697. The highest BCUT2D eigenvalue weighted by atomic mass is 32.2. The lowest BCUT2D eigenvalue weighted by Gasteiger charge is -2.08. The molecule has 0 bridgehead atoms.